The Bertz CT molecular complexity index is 1250. The Morgan fingerprint density at radius 2 is 1.87 bits per heavy atom. The third-order valence-electron chi connectivity index (χ3n) is 3.89. The van der Waals surface area contributed by atoms with Crippen molar-refractivity contribution in [3.8, 4) is 11.5 Å². The Labute approximate surface area is 134 Å². The summed E-state index contributed by atoms with van der Waals surface area (Å²) in [7, 11) is 0. The van der Waals surface area contributed by atoms with E-state index < -0.39 is 0 Å². The number of thiazole rings is 1. The van der Waals surface area contributed by atoms with Gasteiger partial charge in [-0.1, -0.05) is 35.6 Å². The monoisotopic (exact) mass is 318 g/mol. The van der Waals surface area contributed by atoms with Gasteiger partial charge in [0.2, 0.25) is 0 Å². The molecule has 0 aliphatic rings. The van der Waals surface area contributed by atoms with Crippen molar-refractivity contribution in [3.05, 3.63) is 71.0 Å². The van der Waals surface area contributed by atoms with Gasteiger partial charge >= 0.3 is 0 Å². The van der Waals surface area contributed by atoms with E-state index in [-0.39, 0.29) is 5.43 Å². The number of imidazole rings is 1. The molecule has 0 N–H and O–H groups in total. The predicted molar refractivity (Wildman–Crippen MR) is 92.1 cm³/mol. The summed E-state index contributed by atoms with van der Waals surface area (Å²) in [6, 6.07) is 16.9. The Kier molecular flexibility index (Phi) is 2.49. The Hall–Kier alpha value is -2.92. The second kappa shape index (κ2) is 4.54. The lowest BCUT2D eigenvalue weighted by Crippen LogP contribution is -1.99. The minimum atomic E-state index is -0.0527. The molecule has 110 valence electrons. The average Bonchev–Trinajstić information content (AvgIpc) is 3.12. The van der Waals surface area contributed by atoms with Gasteiger partial charge in [0.25, 0.3) is 0 Å². The van der Waals surface area contributed by atoms with Crippen molar-refractivity contribution in [2.45, 2.75) is 0 Å². The maximum atomic E-state index is 12.2. The van der Waals surface area contributed by atoms with Crippen LogP contribution in [0.1, 0.15) is 0 Å². The molecule has 2 aromatic carbocycles. The molecule has 0 aliphatic heterocycles. The van der Waals surface area contributed by atoms with E-state index >= 15 is 0 Å². The van der Waals surface area contributed by atoms with E-state index in [2.05, 4.69) is 17.1 Å². The number of rotatable bonds is 1. The van der Waals surface area contributed by atoms with Gasteiger partial charge in [-0.05, 0) is 24.3 Å². The van der Waals surface area contributed by atoms with Crippen molar-refractivity contribution in [2.75, 3.05) is 0 Å². The molecule has 4 nitrogen and oxygen atoms in total. The molecule has 0 saturated heterocycles. The summed E-state index contributed by atoms with van der Waals surface area (Å²) in [6.45, 7) is 0. The zero-order valence-corrected chi connectivity index (χ0v) is 12.7. The fourth-order valence-corrected chi connectivity index (χ4v) is 3.81. The van der Waals surface area contributed by atoms with Crippen LogP contribution in [0, 0.1) is 0 Å². The molecule has 23 heavy (non-hydrogen) atoms. The van der Waals surface area contributed by atoms with Gasteiger partial charge in [-0.2, -0.15) is 0 Å². The molecular formula is C18H10N2O2S. The second-order valence-corrected chi connectivity index (χ2v) is 6.33. The smallest absolute Gasteiger partial charge is 0.195 e. The van der Waals surface area contributed by atoms with E-state index in [1.54, 1.807) is 23.5 Å². The highest BCUT2D eigenvalue weighted by Gasteiger charge is 2.13. The Balaban J connectivity index is 1.78. The van der Waals surface area contributed by atoms with E-state index in [4.69, 9.17) is 4.42 Å². The summed E-state index contributed by atoms with van der Waals surface area (Å²) >= 11 is 1.62. The van der Waals surface area contributed by atoms with Crippen LogP contribution in [0.25, 0.3) is 37.6 Å². The maximum absolute atomic E-state index is 12.2. The number of hydrogen-bond acceptors (Lipinski definition) is 4. The number of para-hydroxylation sites is 2. The van der Waals surface area contributed by atoms with Crippen LogP contribution in [-0.4, -0.2) is 9.38 Å². The molecule has 0 saturated carbocycles. The number of aromatic nitrogens is 2. The lowest BCUT2D eigenvalue weighted by molar-refractivity contribution is 0.616. The third-order valence-corrected chi connectivity index (χ3v) is 4.92. The van der Waals surface area contributed by atoms with Crippen LogP contribution in [0.15, 0.2) is 70.0 Å². The molecule has 0 unspecified atom stereocenters. The van der Waals surface area contributed by atoms with E-state index in [0.717, 1.165) is 10.5 Å². The van der Waals surface area contributed by atoms with Crippen molar-refractivity contribution < 1.29 is 4.42 Å². The van der Waals surface area contributed by atoms with Crippen LogP contribution < -0.4 is 5.43 Å². The third kappa shape index (κ3) is 1.83. The number of hydrogen-bond donors (Lipinski definition) is 0. The highest BCUT2D eigenvalue weighted by molar-refractivity contribution is 7.23. The number of benzene rings is 2. The van der Waals surface area contributed by atoms with Gasteiger partial charge in [0.1, 0.15) is 11.3 Å². The van der Waals surface area contributed by atoms with Crippen molar-refractivity contribution in [3.63, 3.8) is 0 Å². The normalized spacial score (nSPS) is 11.7. The van der Waals surface area contributed by atoms with Gasteiger partial charge in [0, 0.05) is 12.3 Å². The van der Waals surface area contributed by atoms with Crippen LogP contribution in [0.4, 0.5) is 0 Å². The van der Waals surface area contributed by atoms with E-state index in [9.17, 15) is 4.79 Å². The first-order valence-corrected chi connectivity index (χ1v) is 8.01. The predicted octanol–water partition coefficient (Wildman–Crippen LogP) is 4.32. The first-order valence-electron chi connectivity index (χ1n) is 7.19. The molecular weight excluding hydrogens is 308 g/mol. The lowest BCUT2D eigenvalue weighted by atomic mass is 10.2. The molecule has 0 aliphatic carbocycles. The molecule has 3 heterocycles. The summed E-state index contributed by atoms with van der Waals surface area (Å²) in [5, 5.41) is 0.586. The average molecular weight is 318 g/mol. The number of fused-ring (bicyclic) bond motifs is 4. The molecule has 0 spiro atoms. The van der Waals surface area contributed by atoms with Crippen LogP contribution in [0.5, 0.6) is 0 Å². The quantitative estimate of drug-likeness (QED) is 0.462. The van der Waals surface area contributed by atoms with E-state index in [1.165, 1.54) is 10.8 Å². The SMILES string of the molecule is O=c1cc(-c2cn3c(n2)sc2ccccc23)oc2ccccc12. The molecule has 0 amide bonds. The Morgan fingerprint density at radius 3 is 2.83 bits per heavy atom. The van der Waals surface area contributed by atoms with Crippen molar-refractivity contribution >= 4 is 37.5 Å². The molecule has 0 fully saturated rings. The summed E-state index contributed by atoms with van der Waals surface area (Å²) in [5.74, 6) is 0.494. The fraction of sp³-hybridized carbons (Fsp3) is 0. The lowest BCUT2D eigenvalue weighted by Gasteiger charge is -1.99. The summed E-state index contributed by atoms with van der Waals surface area (Å²) < 4.78 is 9.08. The zero-order valence-electron chi connectivity index (χ0n) is 11.9. The first kappa shape index (κ1) is 12.6. The highest BCUT2D eigenvalue weighted by atomic mass is 32.1. The molecule has 0 atom stereocenters. The molecule has 5 heteroatoms. The Morgan fingerprint density at radius 1 is 1.04 bits per heavy atom. The van der Waals surface area contributed by atoms with Gasteiger partial charge in [-0.3, -0.25) is 9.20 Å². The van der Waals surface area contributed by atoms with Crippen molar-refractivity contribution in [1.29, 1.82) is 0 Å². The minimum absolute atomic E-state index is 0.0527. The largest absolute Gasteiger partial charge is 0.454 e. The molecule has 5 aromatic rings. The molecule has 0 bridgehead atoms. The van der Waals surface area contributed by atoms with Crippen LogP contribution in [0.3, 0.4) is 0 Å². The van der Waals surface area contributed by atoms with E-state index in [0.29, 0.717) is 22.4 Å². The zero-order chi connectivity index (χ0) is 15.4. The summed E-state index contributed by atoms with van der Waals surface area (Å²) in [4.78, 5) is 17.7. The van der Waals surface area contributed by atoms with Crippen LogP contribution in [0.2, 0.25) is 0 Å². The first-order chi connectivity index (χ1) is 11.3. The second-order valence-electron chi connectivity index (χ2n) is 5.32. The van der Waals surface area contributed by atoms with Crippen molar-refractivity contribution in [1.82, 2.24) is 9.38 Å². The number of nitrogens with zero attached hydrogens (tertiary/aromatic N) is 2. The van der Waals surface area contributed by atoms with Gasteiger partial charge in [0.05, 0.1) is 15.6 Å². The van der Waals surface area contributed by atoms with Crippen LogP contribution in [-0.2, 0) is 0 Å². The summed E-state index contributed by atoms with van der Waals surface area (Å²) in [6.07, 6.45) is 1.92. The van der Waals surface area contributed by atoms with Gasteiger partial charge < -0.3 is 4.42 Å². The standard InChI is InChI=1S/C18H10N2O2S/c21-14-9-16(22-15-7-3-1-5-11(14)15)12-10-20-13-6-2-4-8-17(13)23-18(20)19-12/h1-10H. The van der Waals surface area contributed by atoms with Gasteiger partial charge in [0.15, 0.2) is 16.1 Å². The van der Waals surface area contributed by atoms with E-state index in [1.807, 2.05) is 34.9 Å². The summed E-state index contributed by atoms with van der Waals surface area (Å²) in [5.41, 5.74) is 2.30. The fourth-order valence-electron chi connectivity index (χ4n) is 2.80. The van der Waals surface area contributed by atoms with Gasteiger partial charge in [-0.25, -0.2) is 4.98 Å². The molecule has 0 radical (unpaired) electrons. The van der Waals surface area contributed by atoms with Crippen LogP contribution >= 0.6 is 11.3 Å². The minimum Gasteiger partial charge on any atom is -0.454 e. The maximum Gasteiger partial charge on any atom is 0.195 e. The molecule has 5 rings (SSSR count). The van der Waals surface area contributed by atoms with Crippen molar-refractivity contribution in [2.24, 2.45) is 0 Å². The topological polar surface area (TPSA) is 47.5 Å². The van der Waals surface area contributed by atoms with Gasteiger partial charge in [-0.15, -0.1) is 0 Å². The molecule has 3 aromatic heterocycles. The highest BCUT2D eigenvalue weighted by Crippen LogP contribution is 2.29.